The van der Waals surface area contributed by atoms with E-state index in [0.717, 1.165) is 38.2 Å². The van der Waals surface area contributed by atoms with E-state index < -0.39 is 0 Å². The number of nitrogens with one attached hydrogen (secondary N) is 1. The molecule has 2 aromatic rings. The summed E-state index contributed by atoms with van der Waals surface area (Å²) in [5.74, 6) is 2.70. The molecule has 2 unspecified atom stereocenters. The van der Waals surface area contributed by atoms with Gasteiger partial charge in [0.2, 0.25) is 0 Å². The van der Waals surface area contributed by atoms with Gasteiger partial charge in [-0.2, -0.15) is 0 Å². The third-order valence-electron chi connectivity index (χ3n) is 6.74. The Bertz CT molecular complexity index is 939. The van der Waals surface area contributed by atoms with Crippen LogP contribution in [0.3, 0.4) is 0 Å². The number of nitrogens with zero attached hydrogens (tertiary/aromatic N) is 1. The first-order valence-corrected chi connectivity index (χ1v) is 13.3. The van der Waals surface area contributed by atoms with Gasteiger partial charge in [-0.15, -0.1) is 0 Å². The largest absolute Gasteiger partial charge is 0.497 e. The molecule has 38 heavy (non-hydrogen) atoms. The predicted octanol–water partition coefficient (Wildman–Crippen LogP) is 4.45. The summed E-state index contributed by atoms with van der Waals surface area (Å²) < 4.78 is 26.8. The lowest BCUT2D eigenvalue weighted by Gasteiger charge is -2.40. The van der Waals surface area contributed by atoms with Gasteiger partial charge in [-0.3, -0.25) is 9.69 Å². The molecule has 2 atom stereocenters. The van der Waals surface area contributed by atoms with Gasteiger partial charge in [0.05, 0.1) is 34.0 Å². The Hall–Kier alpha value is -2.65. The van der Waals surface area contributed by atoms with Crippen LogP contribution in [0.15, 0.2) is 42.5 Å². The molecule has 1 aliphatic heterocycles. The maximum Gasteiger partial charge on any atom is 0.161 e. The standard InChI is InChI=1S/C18H30N2O2.C12H16O4/c1-14(2)20(3)18-11-19-9-8-16(18)13-22-12-15-6-5-7-17(10-15)21-4;1-14-6-3-7-16-12-8-10(9-13)4-5-11(12)15-2/h5-7,10,14,16,18-19H,8-9,11-13H2,1-4H3;4-5,8-9H,3,6-7H2,1-2H3. The number of carbonyl (C=O) groups excluding carboxylic acids is 1. The Morgan fingerprint density at radius 3 is 2.55 bits per heavy atom. The number of likely N-dealkylation sites (N-methyl/N-ethyl adjacent to an activating group) is 1. The van der Waals surface area contributed by atoms with Crippen molar-refractivity contribution in [3.63, 3.8) is 0 Å². The summed E-state index contributed by atoms with van der Waals surface area (Å²) in [7, 11) is 7.13. The van der Waals surface area contributed by atoms with Crippen molar-refractivity contribution >= 4 is 6.29 Å². The molecule has 1 heterocycles. The lowest BCUT2D eigenvalue weighted by atomic mass is 9.91. The van der Waals surface area contributed by atoms with Crippen molar-refractivity contribution in [1.29, 1.82) is 0 Å². The molecule has 0 radical (unpaired) electrons. The third-order valence-corrected chi connectivity index (χ3v) is 6.74. The quantitative estimate of drug-likeness (QED) is 0.284. The molecule has 1 N–H and O–H groups in total. The van der Waals surface area contributed by atoms with Crippen LogP contribution in [0.2, 0.25) is 0 Å². The SMILES string of the molecule is COCCCOc1cc(C=O)ccc1OC.COc1cccc(COCC2CCNCC2N(C)C(C)C)c1. The van der Waals surface area contributed by atoms with Crippen molar-refractivity contribution in [3.05, 3.63) is 53.6 Å². The number of methoxy groups -OCH3 is 3. The Labute approximate surface area is 228 Å². The lowest BCUT2D eigenvalue weighted by molar-refractivity contribution is 0.0258. The van der Waals surface area contributed by atoms with Crippen LogP contribution in [0, 0.1) is 5.92 Å². The molecule has 0 spiro atoms. The molecular weight excluding hydrogens is 484 g/mol. The number of hydrogen-bond acceptors (Lipinski definition) is 8. The summed E-state index contributed by atoms with van der Waals surface area (Å²) in [6.45, 7) is 9.31. The second-order valence-electron chi connectivity index (χ2n) is 9.67. The third kappa shape index (κ3) is 10.6. The molecule has 0 saturated carbocycles. The van der Waals surface area contributed by atoms with Crippen molar-refractivity contribution in [3.8, 4) is 17.2 Å². The Morgan fingerprint density at radius 1 is 1.05 bits per heavy atom. The molecule has 0 aliphatic carbocycles. The summed E-state index contributed by atoms with van der Waals surface area (Å²) in [5, 5.41) is 3.51. The summed E-state index contributed by atoms with van der Waals surface area (Å²) in [6.07, 6.45) is 2.76. The fourth-order valence-corrected chi connectivity index (χ4v) is 4.31. The van der Waals surface area contributed by atoms with Gasteiger partial charge in [-0.05, 0) is 69.8 Å². The van der Waals surface area contributed by atoms with Crippen LogP contribution in [0.1, 0.15) is 42.6 Å². The zero-order valence-corrected chi connectivity index (χ0v) is 23.9. The van der Waals surface area contributed by atoms with Gasteiger partial charge in [0.25, 0.3) is 0 Å². The molecule has 212 valence electrons. The molecule has 0 amide bonds. The average Bonchev–Trinajstić information content (AvgIpc) is 2.95. The van der Waals surface area contributed by atoms with E-state index in [2.05, 4.69) is 37.2 Å². The van der Waals surface area contributed by atoms with Crippen molar-refractivity contribution < 1.29 is 28.5 Å². The normalized spacial score (nSPS) is 17.1. The maximum absolute atomic E-state index is 10.6. The first kappa shape index (κ1) is 31.6. The Morgan fingerprint density at radius 2 is 1.87 bits per heavy atom. The number of ether oxygens (including phenoxy) is 5. The number of piperidine rings is 1. The lowest BCUT2D eigenvalue weighted by Crippen LogP contribution is -2.53. The zero-order valence-electron chi connectivity index (χ0n) is 23.9. The van der Waals surface area contributed by atoms with E-state index in [-0.39, 0.29) is 0 Å². The van der Waals surface area contributed by atoms with E-state index in [4.69, 9.17) is 23.7 Å². The van der Waals surface area contributed by atoms with Crippen molar-refractivity contribution in [2.75, 3.05) is 61.3 Å². The van der Waals surface area contributed by atoms with Crippen molar-refractivity contribution in [1.82, 2.24) is 10.2 Å². The van der Waals surface area contributed by atoms with Crippen LogP contribution in [-0.2, 0) is 16.1 Å². The molecular formula is C30H46N2O6. The molecule has 2 aromatic carbocycles. The molecule has 1 aliphatic rings. The molecule has 0 aromatic heterocycles. The fraction of sp³-hybridized carbons (Fsp3) is 0.567. The van der Waals surface area contributed by atoms with Crippen LogP contribution in [0.25, 0.3) is 0 Å². The molecule has 1 fully saturated rings. The summed E-state index contributed by atoms with van der Waals surface area (Å²) in [6, 6.07) is 14.3. The van der Waals surface area contributed by atoms with Gasteiger partial charge in [0, 0.05) is 50.2 Å². The number of aldehydes is 1. The summed E-state index contributed by atoms with van der Waals surface area (Å²) >= 11 is 0. The second-order valence-corrected chi connectivity index (χ2v) is 9.67. The van der Waals surface area contributed by atoms with Gasteiger partial charge in [0.1, 0.15) is 12.0 Å². The van der Waals surface area contributed by atoms with Gasteiger partial charge >= 0.3 is 0 Å². The monoisotopic (exact) mass is 530 g/mol. The molecule has 8 nitrogen and oxygen atoms in total. The van der Waals surface area contributed by atoms with Gasteiger partial charge < -0.3 is 29.0 Å². The van der Waals surface area contributed by atoms with Crippen LogP contribution in [0.4, 0.5) is 0 Å². The van der Waals surface area contributed by atoms with Crippen LogP contribution in [-0.4, -0.2) is 84.6 Å². The Balaban J connectivity index is 0.000000281. The first-order valence-electron chi connectivity index (χ1n) is 13.3. The number of rotatable bonds is 14. The minimum atomic E-state index is 0.534. The van der Waals surface area contributed by atoms with Gasteiger partial charge in [0.15, 0.2) is 11.5 Å². The number of carbonyl (C=O) groups is 1. The minimum Gasteiger partial charge on any atom is -0.497 e. The van der Waals surface area contributed by atoms with E-state index in [1.54, 1.807) is 39.5 Å². The van der Waals surface area contributed by atoms with E-state index >= 15 is 0 Å². The van der Waals surface area contributed by atoms with Gasteiger partial charge in [-0.1, -0.05) is 12.1 Å². The highest BCUT2D eigenvalue weighted by molar-refractivity contribution is 5.76. The maximum atomic E-state index is 10.6. The zero-order chi connectivity index (χ0) is 27.8. The van der Waals surface area contributed by atoms with E-state index in [9.17, 15) is 4.79 Å². The average molecular weight is 531 g/mol. The predicted molar refractivity (Wildman–Crippen MR) is 151 cm³/mol. The van der Waals surface area contributed by atoms with Crippen molar-refractivity contribution in [2.24, 2.45) is 5.92 Å². The minimum absolute atomic E-state index is 0.534. The summed E-state index contributed by atoms with van der Waals surface area (Å²) in [5.41, 5.74) is 1.74. The number of benzene rings is 2. The van der Waals surface area contributed by atoms with Gasteiger partial charge in [-0.25, -0.2) is 0 Å². The smallest absolute Gasteiger partial charge is 0.161 e. The van der Waals surface area contributed by atoms with E-state index in [1.807, 2.05) is 18.2 Å². The van der Waals surface area contributed by atoms with Crippen molar-refractivity contribution in [2.45, 2.75) is 45.4 Å². The topological polar surface area (TPSA) is 78.5 Å². The Kier molecular flexibility index (Phi) is 14.8. The molecule has 3 rings (SSSR count). The highest BCUT2D eigenvalue weighted by Gasteiger charge is 2.29. The van der Waals surface area contributed by atoms with E-state index in [0.29, 0.717) is 54.9 Å². The summed E-state index contributed by atoms with van der Waals surface area (Å²) in [4.78, 5) is 13.1. The molecule has 8 heteroatoms. The number of hydrogen-bond donors (Lipinski definition) is 1. The second kappa shape index (κ2) is 17.8. The van der Waals surface area contributed by atoms with Crippen LogP contribution < -0.4 is 19.5 Å². The molecule has 0 bridgehead atoms. The first-order chi connectivity index (χ1) is 18.4. The fourth-order valence-electron chi connectivity index (χ4n) is 4.31. The van der Waals surface area contributed by atoms with Crippen LogP contribution in [0.5, 0.6) is 17.2 Å². The highest BCUT2D eigenvalue weighted by Crippen LogP contribution is 2.27. The van der Waals surface area contributed by atoms with Crippen LogP contribution >= 0.6 is 0 Å². The highest BCUT2D eigenvalue weighted by atomic mass is 16.5. The molecule has 1 saturated heterocycles. The van der Waals surface area contributed by atoms with E-state index in [1.165, 1.54) is 12.0 Å².